The SMILES string of the molecule is COC1CCCC(NN(C)C)C1. The van der Waals surface area contributed by atoms with E-state index in [0.717, 1.165) is 6.42 Å². The van der Waals surface area contributed by atoms with Crippen molar-refractivity contribution in [1.82, 2.24) is 10.4 Å². The van der Waals surface area contributed by atoms with E-state index in [4.69, 9.17) is 4.74 Å². The summed E-state index contributed by atoms with van der Waals surface area (Å²) in [6, 6.07) is 0.610. The van der Waals surface area contributed by atoms with Crippen molar-refractivity contribution in [3.63, 3.8) is 0 Å². The average molecular weight is 172 g/mol. The highest BCUT2D eigenvalue weighted by molar-refractivity contribution is 4.76. The van der Waals surface area contributed by atoms with E-state index in [2.05, 4.69) is 5.43 Å². The highest BCUT2D eigenvalue weighted by Gasteiger charge is 2.21. The molecule has 0 aliphatic heterocycles. The molecule has 72 valence electrons. The second-order valence-corrected chi connectivity index (χ2v) is 3.74. The second-order valence-electron chi connectivity index (χ2n) is 3.74. The fourth-order valence-electron chi connectivity index (χ4n) is 1.84. The van der Waals surface area contributed by atoms with Gasteiger partial charge in [0.25, 0.3) is 0 Å². The molecule has 0 aromatic carbocycles. The molecule has 12 heavy (non-hydrogen) atoms. The molecule has 1 rings (SSSR count). The van der Waals surface area contributed by atoms with Gasteiger partial charge in [-0.1, -0.05) is 0 Å². The number of methoxy groups -OCH3 is 1. The van der Waals surface area contributed by atoms with Crippen molar-refractivity contribution in [2.45, 2.75) is 37.8 Å². The standard InChI is InChI=1S/C9H20N2O/c1-11(2)10-8-5-4-6-9(7-8)12-3/h8-10H,4-7H2,1-3H3. The summed E-state index contributed by atoms with van der Waals surface area (Å²) in [7, 11) is 5.88. The Bertz CT molecular complexity index is 128. The maximum Gasteiger partial charge on any atom is 0.0586 e. The van der Waals surface area contributed by atoms with Crippen LogP contribution in [0.1, 0.15) is 25.7 Å². The molecule has 0 saturated heterocycles. The molecule has 1 saturated carbocycles. The fraction of sp³-hybridized carbons (Fsp3) is 1.00. The summed E-state index contributed by atoms with van der Waals surface area (Å²) in [6.45, 7) is 0. The van der Waals surface area contributed by atoms with Crippen molar-refractivity contribution in [1.29, 1.82) is 0 Å². The molecule has 1 aliphatic rings. The van der Waals surface area contributed by atoms with Gasteiger partial charge in [-0.15, -0.1) is 0 Å². The molecule has 0 bridgehead atoms. The number of nitrogens with one attached hydrogen (secondary N) is 1. The molecule has 0 aromatic heterocycles. The molecule has 1 N–H and O–H groups in total. The number of hydrogen-bond donors (Lipinski definition) is 1. The maximum atomic E-state index is 5.34. The molecule has 1 fully saturated rings. The lowest BCUT2D eigenvalue weighted by Gasteiger charge is -2.30. The number of nitrogens with zero attached hydrogens (tertiary/aromatic N) is 1. The molecule has 0 radical (unpaired) electrons. The molecule has 3 nitrogen and oxygen atoms in total. The molecule has 2 atom stereocenters. The van der Waals surface area contributed by atoms with Gasteiger partial charge >= 0.3 is 0 Å². The van der Waals surface area contributed by atoms with Crippen molar-refractivity contribution in [3.05, 3.63) is 0 Å². The summed E-state index contributed by atoms with van der Waals surface area (Å²) in [5.74, 6) is 0. The van der Waals surface area contributed by atoms with E-state index in [1.165, 1.54) is 19.3 Å². The van der Waals surface area contributed by atoms with Gasteiger partial charge in [0.05, 0.1) is 6.10 Å². The summed E-state index contributed by atoms with van der Waals surface area (Å²) in [5.41, 5.74) is 3.40. The van der Waals surface area contributed by atoms with Gasteiger partial charge in [-0.25, -0.2) is 0 Å². The molecule has 3 heteroatoms. The summed E-state index contributed by atoms with van der Waals surface area (Å²) in [4.78, 5) is 0. The van der Waals surface area contributed by atoms with E-state index in [1.807, 2.05) is 26.2 Å². The van der Waals surface area contributed by atoms with Crippen LogP contribution in [0.3, 0.4) is 0 Å². The third-order valence-corrected chi connectivity index (χ3v) is 2.40. The molecule has 0 spiro atoms. The Hall–Kier alpha value is -0.120. The molecular weight excluding hydrogens is 152 g/mol. The molecule has 0 heterocycles. The van der Waals surface area contributed by atoms with Gasteiger partial charge in [0, 0.05) is 27.2 Å². The van der Waals surface area contributed by atoms with Crippen molar-refractivity contribution in [2.75, 3.05) is 21.2 Å². The van der Waals surface area contributed by atoms with Crippen LogP contribution in [-0.2, 0) is 4.74 Å². The Balaban J connectivity index is 2.25. The van der Waals surface area contributed by atoms with Crippen LogP contribution in [0.4, 0.5) is 0 Å². The Kier molecular flexibility index (Phi) is 3.98. The van der Waals surface area contributed by atoms with Gasteiger partial charge < -0.3 is 4.74 Å². The molecule has 2 unspecified atom stereocenters. The van der Waals surface area contributed by atoms with Gasteiger partial charge in [-0.2, -0.15) is 0 Å². The van der Waals surface area contributed by atoms with Gasteiger partial charge in [-0.3, -0.25) is 10.4 Å². The first-order chi connectivity index (χ1) is 5.72. The zero-order valence-electron chi connectivity index (χ0n) is 8.34. The van der Waals surface area contributed by atoms with E-state index in [0.29, 0.717) is 12.1 Å². The highest BCUT2D eigenvalue weighted by Crippen LogP contribution is 2.20. The van der Waals surface area contributed by atoms with E-state index in [9.17, 15) is 0 Å². The summed E-state index contributed by atoms with van der Waals surface area (Å²) < 4.78 is 5.34. The van der Waals surface area contributed by atoms with Crippen molar-refractivity contribution in [2.24, 2.45) is 0 Å². The zero-order chi connectivity index (χ0) is 8.97. The number of rotatable bonds is 3. The quantitative estimate of drug-likeness (QED) is 0.643. The Morgan fingerprint density at radius 3 is 2.67 bits per heavy atom. The van der Waals surface area contributed by atoms with Crippen LogP contribution in [0.2, 0.25) is 0 Å². The Morgan fingerprint density at radius 2 is 2.08 bits per heavy atom. The van der Waals surface area contributed by atoms with E-state index in [1.54, 1.807) is 0 Å². The van der Waals surface area contributed by atoms with E-state index < -0.39 is 0 Å². The average Bonchev–Trinajstić information content (AvgIpc) is 2.03. The largest absolute Gasteiger partial charge is 0.381 e. The van der Waals surface area contributed by atoms with E-state index >= 15 is 0 Å². The van der Waals surface area contributed by atoms with E-state index in [-0.39, 0.29) is 0 Å². The monoisotopic (exact) mass is 172 g/mol. The first-order valence-electron chi connectivity index (χ1n) is 4.68. The lowest BCUT2D eigenvalue weighted by atomic mass is 9.93. The predicted molar refractivity (Wildman–Crippen MR) is 49.9 cm³/mol. The minimum Gasteiger partial charge on any atom is -0.381 e. The van der Waals surface area contributed by atoms with Crippen molar-refractivity contribution < 1.29 is 4.74 Å². The minimum absolute atomic E-state index is 0.469. The van der Waals surface area contributed by atoms with Crippen LogP contribution in [0.5, 0.6) is 0 Å². The van der Waals surface area contributed by atoms with Gasteiger partial charge in [0.2, 0.25) is 0 Å². The summed E-state index contributed by atoms with van der Waals surface area (Å²) in [6.07, 6.45) is 5.40. The summed E-state index contributed by atoms with van der Waals surface area (Å²) in [5, 5.41) is 2.03. The lowest BCUT2D eigenvalue weighted by molar-refractivity contribution is 0.0465. The molecule has 0 amide bonds. The first-order valence-corrected chi connectivity index (χ1v) is 4.68. The lowest BCUT2D eigenvalue weighted by Crippen LogP contribution is -2.43. The van der Waals surface area contributed by atoms with Crippen LogP contribution in [0.25, 0.3) is 0 Å². The molecule has 1 aliphatic carbocycles. The van der Waals surface area contributed by atoms with Crippen LogP contribution in [0, 0.1) is 0 Å². The van der Waals surface area contributed by atoms with Crippen molar-refractivity contribution >= 4 is 0 Å². The topological polar surface area (TPSA) is 24.5 Å². The zero-order valence-corrected chi connectivity index (χ0v) is 8.34. The number of hydrazine groups is 1. The normalized spacial score (nSPS) is 31.0. The molecule has 0 aromatic rings. The Labute approximate surface area is 75.0 Å². The van der Waals surface area contributed by atoms with Gasteiger partial charge in [0.15, 0.2) is 0 Å². The summed E-state index contributed by atoms with van der Waals surface area (Å²) >= 11 is 0. The highest BCUT2D eigenvalue weighted by atomic mass is 16.5. The van der Waals surface area contributed by atoms with Crippen LogP contribution >= 0.6 is 0 Å². The second kappa shape index (κ2) is 4.80. The third-order valence-electron chi connectivity index (χ3n) is 2.40. The van der Waals surface area contributed by atoms with Crippen LogP contribution < -0.4 is 5.43 Å². The Morgan fingerprint density at radius 1 is 1.33 bits per heavy atom. The number of hydrogen-bond acceptors (Lipinski definition) is 3. The van der Waals surface area contributed by atoms with Crippen LogP contribution in [0.15, 0.2) is 0 Å². The van der Waals surface area contributed by atoms with Gasteiger partial charge in [-0.05, 0) is 25.7 Å². The predicted octanol–water partition coefficient (Wildman–Crippen LogP) is 1.01. The first kappa shape index (κ1) is 9.96. The smallest absolute Gasteiger partial charge is 0.0586 e. The maximum absolute atomic E-state index is 5.34. The minimum atomic E-state index is 0.469. The van der Waals surface area contributed by atoms with Crippen molar-refractivity contribution in [3.8, 4) is 0 Å². The molecular formula is C9H20N2O. The number of ether oxygens (including phenoxy) is 1. The van der Waals surface area contributed by atoms with Crippen LogP contribution in [-0.4, -0.2) is 38.4 Å². The third kappa shape index (κ3) is 3.09. The fourth-order valence-corrected chi connectivity index (χ4v) is 1.84. The van der Waals surface area contributed by atoms with Gasteiger partial charge in [0.1, 0.15) is 0 Å².